The molecule has 1 aliphatic rings. The Morgan fingerprint density at radius 1 is 0.536 bits per heavy atom. The molecule has 6 nitrogen and oxygen atoms in total. The van der Waals surface area contributed by atoms with Gasteiger partial charge in [-0.3, -0.25) is 19.6 Å². The van der Waals surface area contributed by atoms with Crippen molar-refractivity contribution in [2.45, 2.75) is 0 Å². The molecule has 0 aliphatic heterocycles. The van der Waals surface area contributed by atoms with Crippen molar-refractivity contribution >= 4 is 44.4 Å². The first-order valence-corrected chi connectivity index (χ1v) is 8.75. The van der Waals surface area contributed by atoms with E-state index in [9.17, 15) is 9.59 Å². The first-order chi connectivity index (χ1) is 13.7. The lowest BCUT2D eigenvalue weighted by molar-refractivity contribution is 0.0972. The average molecular weight is 362 g/mol. The van der Waals surface area contributed by atoms with Gasteiger partial charge in [0.15, 0.2) is 0 Å². The molecule has 0 radical (unpaired) electrons. The quantitative estimate of drug-likeness (QED) is 0.385. The molecule has 0 spiro atoms. The fourth-order valence-electron chi connectivity index (χ4n) is 3.83. The van der Waals surface area contributed by atoms with E-state index in [-0.39, 0.29) is 23.0 Å². The zero-order valence-electron chi connectivity index (χ0n) is 14.4. The summed E-state index contributed by atoms with van der Waals surface area (Å²) >= 11 is 0. The number of hydrogen-bond acceptors (Lipinski definition) is 6. The number of fused-ring (bicyclic) bond motifs is 8. The fraction of sp³-hybridized carbons (Fsp3) is 0. The minimum Gasteiger partial charge on any atom is -0.287 e. The Labute approximate surface area is 157 Å². The van der Waals surface area contributed by atoms with Gasteiger partial charge in [-0.2, -0.15) is 0 Å². The first-order valence-electron chi connectivity index (χ1n) is 8.75. The van der Waals surface area contributed by atoms with Crippen molar-refractivity contribution in [3.63, 3.8) is 0 Å². The number of rotatable bonds is 0. The van der Waals surface area contributed by atoms with Crippen LogP contribution in [0.25, 0.3) is 32.8 Å². The van der Waals surface area contributed by atoms with Gasteiger partial charge >= 0.3 is 0 Å². The predicted octanol–water partition coefficient (Wildman–Crippen LogP) is 3.50. The summed E-state index contributed by atoms with van der Waals surface area (Å²) < 4.78 is 0. The van der Waals surface area contributed by atoms with Crippen LogP contribution in [0.5, 0.6) is 0 Å². The topological polar surface area (TPSA) is 85.7 Å². The number of carbonyl (C=O) groups excluding carboxylic acids is 2. The number of benzene rings is 2. The van der Waals surface area contributed by atoms with Gasteiger partial charge in [0, 0.05) is 34.3 Å². The Hall–Kier alpha value is -4.06. The second-order valence-corrected chi connectivity index (χ2v) is 6.62. The van der Waals surface area contributed by atoms with Crippen LogP contribution in [-0.2, 0) is 0 Å². The normalized spacial score (nSPS) is 13.1. The molecule has 0 amide bonds. The number of aromatic nitrogens is 4. The molecule has 5 aromatic rings. The molecular formula is C22H10N4O2. The van der Waals surface area contributed by atoms with Gasteiger partial charge in [-0.25, -0.2) is 9.97 Å². The van der Waals surface area contributed by atoms with Gasteiger partial charge in [0.1, 0.15) is 11.4 Å². The lowest BCUT2D eigenvalue weighted by atomic mass is 9.89. The van der Waals surface area contributed by atoms with Gasteiger partial charge in [-0.1, -0.05) is 24.3 Å². The summed E-state index contributed by atoms with van der Waals surface area (Å²) in [7, 11) is 0. The number of ketones is 2. The maximum absolute atomic E-state index is 13.0. The molecule has 6 heteroatoms. The second kappa shape index (κ2) is 5.23. The molecule has 6 rings (SSSR count). The first kappa shape index (κ1) is 15.0. The molecule has 130 valence electrons. The van der Waals surface area contributed by atoms with Crippen molar-refractivity contribution in [1.29, 1.82) is 0 Å². The van der Waals surface area contributed by atoms with E-state index in [2.05, 4.69) is 19.9 Å². The number of pyridine rings is 2. The number of carbonyl (C=O) groups is 2. The summed E-state index contributed by atoms with van der Waals surface area (Å²) in [5.41, 5.74) is 3.36. The monoisotopic (exact) mass is 362 g/mol. The SMILES string of the molecule is O=C1c2ccccc2C(=O)c2nc3c4cccnc4c4ncccc4c3nc21. The van der Waals surface area contributed by atoms with Crippen LogP contribution in [0.15, 0.2) is 60.9 Å². The van der Waals surface area contributed by atoms with Gasteiger partial charge in [0.05, 0.1) is 22.1 Å². The molecule has 3 heterocycles. The van der Waals surface area contributed by atoms with Crippen LogP contribution in [0.4, 0.5) is 0 Å². The van der Waals surface area contributed by atoms with Crippen LogP contribution in [0.3, 0.4) is 0 Å². The van der Waals surface area contributed by atoms with Crippen LogP contribution in [-0.4, -0.2) is 31.5 Å². The van der Waals surface area contributed by atoms with Crippen LogP contribution >= 0.6 is 0 Å². The highest BCUT2D eigenvalue weighted by atomic mass is 16.1. The van der Waals surface area contributed by atoms with E-state index in [4.69, 9.17) is 0 Å². The summed E-state index contributed by atoms with van der Waals surface area (Å²) in [5.74, 6) is -0.578. The van der Waals surface area contributed by atoms with Gasteiger partial charge in [0.2, 0.25) is 11.6 Å². The Morgan fingerprint density at radius 3 is 1.46 bits per heavy atom. The largest absolute Gasteiger partial charge is 0.287 e. The van der Waals surface area contributed by atoms with Gasteiger partial charge in [-0.15, -0.1) is 0 Å². The molecule has 2 aromatic carbocycles. The van der Waals surface area contributed by atoms with Crippen LogP contribution in [0.1, 0.15) is 32.1 Å². The zero-order chi connectivity index (χ0) is 18.8. The molecule has 0 atom stereocenters. The Morgan fingerprint density at radius 2 is 1.00 bits per heavy atom. The Kier molecular flexibility index (Phi) is 2.81. The van der Waals surface area contributed by atoms with Crippen LogP contribution < -0.4 is 0 Å². The summed E-state index contributed by atoms with van der Waals surface area (Å²) in [4.78, 5) is 44.2. The van der Waals surface area contributed by atoms with Crippen molar-refractivity contribution in [2.24, 2.45) is 0 Å². The molecule has 0 saturated carbocycles. The second-order valence-electron chi connectivity index (χ2n) is 6.62. The highest BCUT2D eigenvalue weighted by molar-refractivity contribution is 6.29. The summed E-state index contributed by atoms with van der Waals surface area (Å²) in [6, 6.07) is 14.1. The Bertz CT molecular complexity index is 1390. The third-order valence-electron chi connectivity index (χ3n) is 5.09. The summed E-state index contributed by atoms with van der Waals surface area (Å²) in [6.45, 7) is 0. The third-order valence-corrected chi connectivity index (χ3v) is 5.09. The van der Waals surface area contributed by atoms with E-state index in [0.29, 0.717) is 33.2 Å². The van der Waals surface area contributed by atoms with Gasteiger partial charge in [0.25, 0.3) is 0 Å². The van der Waals surface area contributed by atoms with Crippen molar-refractivity contribution < 1.29 is 9.59 Å². The molecule has 1 aliphatic carbocycles. The van der Waals surface area contributed by atoms with E-state index >= 15 is 0 Å². The maximum atomic E-state index is 13.0. The number of nitrogens with zero attached hydrogens (tertiary/aromatic N) is 4. The third kappa shape index (κ3) is 1.81. The fourth-order valence-corrected chi connectivity index (χ4v) is 3.83. The number of hydrogen-bond donors (Lipinski definition) is 0. The Balaban J connectivity index is 1.82. The summed E-state index contributed by atoms with van der Waals surface area (Å²) in [5, 5.41) is 1.50. The van der Waals surface area contributed by atoms with E-state index in [0.717, 1.165) is 10.8 Å². The van der Waals surface area contributed by atoms with Crippen molar-refractivity contribution in [3.05, 3.63) is 83.4 Å². The zero-order valence-corrected chi connectivity index (χ0v) is 14.4. The average Bonchev–Trinajstić information content (AvgIpc) is 2.77. The van der Waals surface area contributed by atoms with Gasteiger partial charge in [-0.05, 0) is 24.3 Å². The molecule has 28 heavy (non-hydrogen) atoms. The standard InChI is InChI=1S/C22H10N4O2/c27-21-11-5-1-2-6-12(11)22(28)20-19(21)25-17-13-7-3-9-23-15(13)16-14(18(17)26-20)8-4-10-24-16/h1-10H. The molecule has 0 saturated heterocycles. The molecule has 0 bridgehead atoms. The van der Waals surface area contributed by atoms with E-state index in [1.54, 1.807) is 48.8 Å². The van der Waals surface area contributed by atoms with Crippen LogP contribution in [0.2, 0.25) is 0 Å². The van der Waals surface area contributed by atoms with Crippen molar-refractivity contribution in [2.75, 3.05) is 0 Å². The molecule has 3 aromatic heterocycles. The van der Waals surface area contributed by atoms with E-state index in [1.165, 1.54) is 0 Å². The highest BCUT2D eigenvalue weighted by Gasteiger charge is 2.33. The van der Waals surface area contributed by atoms with E-state index < -0.39 is 0 Å². The predicted molar refractivity (Wildman–Crippen MR) is 103 cm³/mol. The molecule has 0 fully saturated rings. The minimum absolute atomic E-state index is 0.0876. The van der Waals surface area contributed by atoms with Crippen LogP contribution in [0, 0.1) is 0 Å². The summed E-state index contributed by atoms with van der Waals surface area (Å²) in [6.07, 6.45) is 3.39. The molecule has 0 N–H and O–H groups in total. The maximum Gasteiger partial charge on any atom is 0.214 e. The lowest BCUT2D eigenvalue weighted by Crippen LogP contribution is -2.24. The lowest BCUT2D eigenvalue weighted by Gasteiger charge is -2.17. The van der Waals surface area contributed by atoms with E-state index in [1.807, 2.05) is 12.1 Å². The van der Waals surface area contributed by atoms with Gasteiger partial charge < -0.3 is 0 Å². The highest BCUT2D eigenvalue weighted by Crippen LogP contribution is 2.33. The van der Waals surface area contributed by atoms with Crippen molar-refractivity contribution in [3.8, 4) is 0 Å². The minimum atomic E-state index is -0.289. The smallest absolute Gasteiger partial charge is 0.214 e. The molecular weight excluding hydrogens is 352 g/mol. The van der Waals surface area contributed by atoms with Crippen molar-refractivity contribution in [1.82, 2.24) is 19.9 Å². The molecule has 0 unspecified atom stereocenters.